The molecule has 3 N–H and O–H groups in total. The van der Waals surface area contributed by atoms with Crippen molar-refractivity contribution >= 4 is 12.4 Å². The second-order valence-corrected chi connectivity index (χ2v) is 2.91. The topological polar surface area (TPSA) is 55.5 Å². The molecule has 0 saturated carbocycles. The summed E-state index contributed by atoms with van der Waals surface area (Å²) in [7, 11) is 1.52. The van der Waals surface area contributed by atoms with Gasteiger partial charge in [-0.05, 0) is 12.5 Å². The van der Waals surface area contributed by atoms with Gasteiger partial charge in [-0.25, -0.2) is 0 Å². The number of hydrogen-bond donors (Lipinski definition) is 2. The molecule has 0 amide bonds. The van der Waals surface area contributed by atoms with Crippen LogP contribution in [0.2, 0.25) is 0 Å². The van der Waals surface area contributed by atoms with Crippen molar-refractivity contribution in [2.75, 3.05) is 7.11 Å². The van der Waals surface area contributed by atoms with Gasteiger partial charge in [0, 0.05) is 11.6 Å². The SMILES string of the molecule is CC[C@H](N)c1cccc(OC)c1O.Cl. The summed E-state index contributed by atoms with van der Waals surface area (Å²) in [5.41, 5.74) is 6.54. The second kappa shape index (κ2) is 5.73. The molecule has 1 aromatic rings. The Kier molecular flexibility index (Phi) is 5.35. The summed E-state index contributed by atoms with van der Waals surface area (Å²) in [4.78, 5) is 0. The van der Waals surface area contributed by atoms with Crippen molar-refractivity contribution in [1.82, 2.24) is 0 Å². The van der Waals surface area contributed by atoms with E-state index >= 15 is 0 Å². The Hall–Kier alpha value is -0.930. The Labute approximate surface area is 90.3 Å². The Bertz CT molecular complexity index is 291. The van der Waals surface area contributed by atoms with Gasteiger partial charge in [-0.15, -0.1) is 12.4 Å². The Morgan fingerprint density at radius 3 is 2.64 bits per heavy atom. The highest BCUT2D eigenvalue weighted by Gasteiger charge is 2.11. The molecular weight excluding hydrogens is 202 g/mol. The average Bonchev–Trinajstić information content (AvgIpc) is 2.17. The third-order valence-corrected chi connectivity index (χ3v) is 2.09. The number of phenolic OH excluding ortho intramolecular Hbond substituents is 1. The summed E-state index contributed by atoms with van der Waals surface area (Å²) in [6, 6.07) is 5.21. The van der Waals surface area contributed by atoms with Crippen molar-refractivity contribution in [2.45, 2.75) is 19.4 Å². The van der Waals surface area contributed by atoms with Crippen LogP contribution in [0.4, 0.5) is 0 Å². The van der Waals surface area contributed by atoms with Gasteiger partial charge in [-0.3, -0.25) is 0 Å². The first kappa shape index (κ1) is 13.1. The molecule has 1 atom stereocenters. The third kappa shape index (κ3) is 2.53. The van der Waals surface area contributed by atoms with Gasteiger partial charge in [-0.2, -0.15) is 0 Å². The molecule has 0 bridgehead atoms. The molecule has 1 rings (SSSR count). The number of benzene rings is 1. The predicted octanol–water partition coefficient (Wildman–Crippen LogP) is 2.23. The molecule has 0 unspecified atom stereocenters. The van der Waals surface area contributed by atoms with E-state index in [-0.39, 0.29) is 24.2 Å². The number of phenols is 1. The molecule has 80 valence electrons. The molecular formula is C10H16ClNO2. The van der Waals surface area contributed by atoms with Gasteiger partial charge < -0.3 is 15.6 Å². The predicted molar refractivity (Wildman–Crippen MR) is 59.1 cm³/mol. The van der Waals surface area contributed by atoms with Crippen molar-refractivity contribution in [3.8, 4) is 11.5 Å². The zero-order chi connectivity index (χ0) is 9.84. The Morgan fingerprint density at radius 2 is 2.14 bits per heavy atom. The van der Waals surface area contributed by atoms with Gasteiger partial charge in [0.05, 0.1) is 7.11 Å². The van der Waals surface area contributed by atoms with Crippen LogP contribution in [0.25, 0.3) is 0 Å². The number of hydrogen-bond acceptors (Lipinski definition) is 3. The number of ether oxygens (including phenoxy) is 1. The molecule has 0 aliphatic carbocycles. The fourth-order valence-electron chi connectivity index (χ4n) is 1.22. The summed E-state index contributed by atoms with van der Waals surface area (Å²) < 4.78 is 4.97. The van der Waals surface area contributed by atoms with Crippen LogP contribution in [0.3, 0.4) is 0 Å². The maximum Gasteiger partial charge on any atom is 0.162 e. The van der Waals surface area contributed by atoms with Crippen LogP contribution in [0.5, 0.6) is 11.5 Å². The summed E-state index contributed by atoms with van der Waals surface area (Å²) in [6.45, 7) is 1.98. The summed E-state index contributed by atoms with van der Waals surface area (Å²) in [6.07, 6.45) is 0.792. The Balaban J connectivity index is 0.00000169. The number of aromatic hydroxyl groups is 1. The zero-order valence-corrected chi connectivity index (χ0v) is 9.17. The average molecular weight is 218 g/mol. The molecule has 0 fully saturated rings. The van der Waals surface area contributed by atoms with E-state index in [0.29, 0.717) is 5.75 Å². The highest BCUT2D eigenvalue weighted by atomic mass is 35.5. The van der Waals surface area contributed by atoms with Crippen molar-refractivity contribution in [3.63, 3.8) is 0 Å². The number of halogens is 1. The van der Waals surface area contributed by atoms with Crippen molar-refractivity contribution in [2.24, 2.45) is 5.73 Å². The molecule has 0 saturated heterocycles. The summed E-state index contributed by atoms with van der Waals surface area (Å²) in [5.74, 6) is 0.626. The normalized spacial score (nSPS) is 11.6. The van der Waals surface area contributed by atoms with E-state index in [0.717, 1.165) is 12.0 Å². The molecule has 3 nitrogen and oxygen atoms in total. The van der Waals surface area contributed by atoms with Crippen LogP contribution in [-0.4, -0.2) is 12.2 Å². The van der Waals surface area contributed by atoms with Crippen molar-refractivity contribution < 1.29 is 9.84 Å². The largest absolute Gasteiger partial charge is 0.504 e. The van der Waals surface area contributed by atoms with E-state index in [4.69, 9.17) is 10.5 Å². The van der Waals surface area contributed by atoms with Crippen LogP contribution in [0, 0.1) is 0 Å². The zero-order valence-electron chi connectivity index (χ0n) is 8.36. The fourth-order valence-corrected chi connectivity index (χ4v) is 1.22. The van der Waals surface area contributed by atoms with E-state index < -0.39 is 0 Å². The molecule has 0 heterocycles. The van der Waals surface area contributed by atoms with Crippen LogP contribution >= 0.6 is 12.4 Å². The van der Waals surface area contributed by atoms with Gasteiger partial charge in [0.15, 0.2) is 11.5 Å². The molecule has 14 heavy (non-hydrogen) atoms. The maximum absolute atomic E-state index is 9.69. The van der Waals surface area contributed by atoms with E-state index in [1.54, 1.807) is 6.07 Å². The highest BCUT2D eigenvalue weighted by molar-refractivity contribution is 5.85. The lowest BCUT2D eigenvalue weighted by Gasteiger charge is -2.13. The standard InChI is InChI=1S/C10H15NO2.ClH/c1-3-8(11)7-5-4-6-9(13-2)10(7)12;/h4-6,8,12H,3,11H2,1-2H3;1H/t8-;/m0./s1. The first-order chi connectivity index (χ1) is 6.20. The van der Waals surface area contributed by atoms with Gasteiger partial charge in [0.2, 0.25) is 0 Å². The maximum atomic E-state index is 9.69. The summed E-state index contributed by atoms with van der Waals surface area (Å²) in [5, 5.41) is 9.69. The molecule has 4 heteroatoms. The molecule has 0 aliphatic heterocycles. The molecule has 1 aromatic carbocycles. The second-order valence-electron chi connectivity index (χ2n) is 2.91. The molecule has 0 aliphatic rings. The molecule has 0 aromatic heterocycles. The minimum absolute atomic E-state index is 0. The first-order valence-corrected chi connectivity index (χ1v) is 4.32. The van der Waals surface area contributed by atoms with Gasteiger partial charge in [0.25, 0.3) is 0 Å². The first-order valence-electron chi connectivity index (χ1n) is 4.32. The van der Waals surface area contributed by atoms with E-state index in [2.05, 4.69) is 0 Å². The lowest BCUT2D eigenvalue weighted by atomic mass is 10.0. The van der Waals surface area contributed by atoms with Crippen LogP contribution in [0.1, 0.15) is 24.9 Å². The van der Waals surface area contributed by atoms with Crippen LogP contribution < -0.4 is 10.5 Å². The molecule has 0 spiro atoms. The number of methoxy groups -OCH3 is 1. The minimum atomic E-state index is -0.130. The van der Waals surface area contributed by atoms with Crippen molar-refractivity contribution in [1.29, 1.82) is 0 Å². The number of para-hydroxylation sites is 1. The quantitative estimate of drug-likeness (QED) is 0.817. The van der Waals surface area contributed by atoms with Crippen molar-refractivity contribution in [3.05, 3.63) is 23.8 Å². The lowest BCUT2D eigenvalue weighted by molar-refractivity contribution is 0.368. The highest BCUT2D eigenvalue weighted by Crippen LogP contribution is 2.33. The minimum Gasteiger partial charge on any atom is -0.504 e. The third-order valence-electron chi connectivity index (χ3n) is 2.09. The van der Waals surface area contributed by atoms with Gasteiger partial charge in [-0.1, -0.05) is 19.1 Å². The molecule has 0 radical (unpaired) electrons. The Morgan fingerprint density at radius 1 is 1.50 bits per heavy atom. The van der Waals surface area contributed by atoms with Crippen LogP contribution in [-0.2, 0) is 0 Å². The van der Waals surface area contributed by atoms with Gasteiger partial charge in [0.1, 0.15) is 0 Å². The van der Waals surface area contributed by atoms with E-state index in [1.807, 2.05) is 19.1 Å². The monoisotopic (exact) mass is 217 g/mol. The smallest absolute Gasteiger partial charge is 0.162 e. The number of nitrogens with two attached hydrogens (primary N) is 1. The summed E-state index contributed by atoms with van der Waals surface area (Å²) >= 11 is 0. The van der Waals surface area contributed by atoms with E-state index in [1.165, 1.54) is 7.11 Å². The van der Waals surface area contributed by atoms with Gasteiger partial charge >= 0.3 is 0 Å². The van der Waals surface area contributed by atoms with E-state index in [9.17, 15) is 5.11 Å². The fraction of sp³-hybridized carbons (Fsp3) is 0.400. The number of rotatable bonds is 3. The lowest BCUT2D eigenvalue weighted by Crippen LogP contribution is -2.08. The van der Waals surface area contributed by atoms with Crippen LogP contribution in [0.15, 0.2) is 18.2 Å².